The second kappa shape index (κ2) is 6.40. The Hall–Kier alpha value is -2.05. The standard InChI is InChI=1S/C13H11ClN2O3S/c1-19-10-7-8(14)4-5-9(10)12(17)15-16-13(18)11-3-2-6-20-11/h2-7H,1H3,(H,15,17)(H,16,18). The zero-order valence-electron chi connectivity index (χ0n) is 10.5. The van der Waals surface area contributed by atoms with Gasteiger partial charge in [0.15, 0.2) is 0 Å². The molecule has 0 radical (unpaired) electrons. The predicted molar refractivity (Wildman–Crippen MR) is 77.3 cm³/mol. The lowest BCUT2D eigenvalue weighted by Gasteiger charge is -2.10. The van der Waals surface area contributed by atoms with Gasteiger partial charge in [-0.3, -0.25) is 20.4 Å². The molecule has 0 saturated carbocycles. The van der Waals surface area contributed by atoms with Crippen molar-refractivity contribution in [2.45, 2.75) is 0 Å². The van der Waals surface area contributed by atoms with Crippen LogP contribution >= 0.6 is 22.9 Å². The van der Waals surface area contributed by atoms with Crippen molar-refractivity contribution in [1.82, 2.24) is 10.9 Å². The summed E-state index contributed by atoms with van der Waals surface area (Å²) in [7, 11) is 1.44. The molecule has 2 N–H and O–H groups in total. The number of carbonyl (C=O) groups excluding carboxylic acids is 2. The van der Waals surface area contributed by atoms with Gasteiger partial charge in [0.05, 0.1) is 17.6 Å². The van der Waals surface area contributed by atoms with Gasteiger partial charge in [-0.25, -0.2) is 0 Å². The third kappa shape index (κ3) is 3.28. The van der Waals surface area contributed by atoms with Gasteiger partial charge in [0.1, 0.15) is 5.75 Å². The van der Waals surface area contributed by atoms with Crippen LogP contribution in [0.5, 0.6) is 5.75 Å². The molecule has 2 rings (SSSR count). The minimum absolute atomic E-state index is 0.281. The molecule has 0 atom stereocenters. The summed E-state index contributed by atoms with van der Waals surface area (Å²) in [6, 6.07) is 8.03. The highest BCUT2D eigenvalue weighted by Crippen LogP contribution is 2.22. The minimum atomic E-state index is -0.483. The van der Waals surface area contributed by atoms with Crippen molar-refractivity contribution in [3.8, 4) is 5.75 Å². The van der Waals surface area contributed by atoms with Crippen LogP contribution in [0.4, 0.5) is 0 Å². The highest BCUT2D eigenvalue weighted by Gasteiger charge is 2.14. The number of thiophene rings is 1. The molecule has 0 fully saturated rings. The van der Waals surface area contributed by atoms with E-state index >= 15 is 0 Å². The number of benzene rings is 1. The third-order valence-corrected chi connectivity index (χ3v) is 3.55. The van der Waals surface area contributed by atoms with Crippen molar-refractivity contribution in [3.63, 3.8) is 0 Å². The van der Waals surface area contributed by atoms with E-state index in [-0.39, 0.29) is 11.5 Å². The van der Waals surface area contributed by atoms with Gasteiger partial charge in [-0.1, -0.05) is 17.7 Å². The van der Waals surface area contributed by atoms with E-state index in [1.807, 2.05) is 0 Å². The van der Waals surface area contributed by atoms with Crippen LogP contribution in [0.2, 0.25) is 5.02 Å². The summed E-state index contributed by atoms with van der Waals surface area (Å²) in [6.45, 7) is 0. The Bertz CT molecular complexity index is 629. The number of amides is 2. The Morgan fingerprint density at radius 2 is 1.95 bits per heavy atom. The van der Waals surface area contributed by atoms with Crippen molar-refractivity contribution < 1.29 is 14.3 Å². The van der Waals surface area contributed by atoms with E-state index in [2.05, 4.69) is 10.9 Å². The smallest absolute Gasteiger partial charge is 0.279 e. The molecular formula is C13H11ClN2O3S. The zero-order chi connectivity index (χ0) is 14.5. The lowest BCUT2D eigenvalue weighted by atomic mass is 10.2. The molecule has 0 aliphatic carbocycles. The van der Waals surface area contributed by atoms with Crippen molar-refractivity contribution in [1.29, 1.82) is 0 Å². The Kier molecular flexibility index (Phi) is 4.60. The minimum Gasteiger partial charge on any atom is -0.496 e. The lowest BCUT2D eigenvalue weighted by Crippen LogP contribution is -2.41. The summed E-state index contributed by atoms with van der Waals surface area (Å²) < 4.78 is 5.07. The fraction of sp³-hybridized carbons (Fsp3) is 0.0769. The second-order valence-corrected chi connectivity index (χ2v) is 5.11. The van der Waals surface area contributed by atoms with Crippen molar-refractivity contribution in [2.75, 3.05) is 7.11 Å². The average molecular weight is 311 g/mol. The van der Waals surface area contributed by atoms with E-state index in [1.54, 1.807) is 23.6 Å². The van der Waals surface area contributed by atoms with E-state index in [4.69, 9.17) is 16.3 Å². The molecule has 2 amide bonds. The summed E-state index contributed by atoms with van der Waals surface area (Å²) in [5.74, 6) is -0.523. The van der Waals surface area contributed by atoms with Gasteiger partial charge in [0.2, 0.25) is 0 Å². The number of ether oxygens (including phenoxy) is 1. The van der Waals surface area contributed by atoms with E-state index in [1.165, 1.54) is 30.6 Å². The summed E-state index contributed by atoms with van der Waals surface area (Å²) in [5, 5.41) is 2.24. The third-order valence-electron chi connectivity index (χ3n) is 2.44. The van der Waals surface area contributed by atoms with E-state index in [9.17, 15) is 9.59 Å². The first-order valence-corrected chi connectivity index (χ1v) is 6.85. The number of methoxy groups -OCH3 is 1. The van der Waals surface area contributed by atoms with Crippen molar-refractivity contribution in [2.24, 2.45) is 0 Å². The fourth-order valence-corrected chi connectivity index (χ4v) is 2.28. The predicted octanol–water partition coefficient (Wildman–Crippen LogP) is 2.48. The summed E-state index contributed by atoms with van der Waals surface area (Å²) in [4.78, 5) is 24.2. The molecule has 1 aromatic carbocycles. The molecule has 1 aromatic heterocycles. The number of carbonyl (C=O) groups is 2. The zero-order valence-corrected chi connectivity index (χ0v) is 12.0. The van der Waals surface area contributed by atoms with Crippen LogP contribution in [-0.2, 0) is 0 Å². The maximum absolute atomic E-state index is 12.0. The summed E-state index contributed by atoms with van der Waals surface area (Å²) >= 11 is 7.10. The highest BCUT2D eigenvalue weighted by molar-refractivity contribution is 7.12. The van der Waals surface area contributed by atoms with Gasteiger partial charge in [-0.05, 0) is 29.6 Å². The molecule has 20 heavy (non-hydrogen) atoms. The number of hydrogen-bond acceptors (Lipinski definition) is 4. The molecule has 7 heteroatoms. The van der Waals surface area contributed by atoms with Gasteiger partial charge < -0.3 is 4.74 Å². The topological polar surface area (TPSA) is 67.4 Å². The van der Waals surface area contributed by atoms with Gasteiger partial charge in [-0.2, -0.15) is 0 Å². The van der Waals surface area contributed by atoms with Crippen LogP contribution in [0.25, 0.3) is 0 Å². The van der Waals surface area contributed by atoms with Crippen LogP contribution in [0, 0.1) is 0 Å². The summed E-state index contributed by atoms with van der Waals surface area (Å²) in [5.41, 5.74) is 4.94. The van der Waals surface area contributed by atoms with Crippen LogP contribution in [0.15, 0.2) is 35.7 Å². The molecule has 0 spiro atoms. The SMILES string of the molecule is COc1cc(Cl)ccc1C(=O)NNC(=O)c1cccs1. The number of hydrazine groups is 1. The molecular weight excluding hydrogens is 300 g/mol. The Balaban J connectivity index is 2.04. The maximum Gasteiger partial charge on any atom is 0.279 e. The van der Waals surface area contributed by atoms with E-state index in [0.717, 1.165) is 0 Å². The number of rotatable bonds is 3. The number of hydrogen-bond donors (Lipinski definition) is 2. The first-order valence-electron chi connectivity index (χ1n) is 5.59. The lowest BCUT2D eigenvalue weighted by molar-refractivity contribution is 0.0847. The normalized spacial score (nSPS) is 9.90. The van der Waals surface area contributed by atoms with Crippen LogP contribution in [0.1, 0.15) is 20.0 Å². The molecule has 0 aliphatic rings. The molecule has 0 unspecified atom stereocenters. The first kappa shape index (κ1) is 14.4. The van der Waals surface area contributed by atoms with E-state index < -0.39 is 5.91 Å². The number of nitrogens with one attached hydrogen (secondary N) is 2. The molecule has 1 heterocycles. The molecule has 0 saturated heterocycles. The second-order valence-electron chi connectivity index (χ2n) is 3.73. The van der Waals surface area contributed by atoms with Crippen LogP contribution in [0.3, 0.4) is 0 Å². The average Bonchev–Trinajstić information content (AvgIpc) is 2.98. The van der Waals surface area contributed by atoms with Gasteiger partial charge in [0.25, 0.3) is 11.8 Å². The highest BCUT2D eigenvalue weighted by atomic mass is 35.5. The van der Waals surface area contributed by atoms with Gasteiger partial charge >= 0.3 is 0 Å². The molecule has 0 bridgehead atoms. The molecule has 2 aromatic rings. The van der Waals surface area contributed by atoms with Gasteiger partial charge in [-0.15, -0.1) is 11.3 Å². The summed E-state index contributed by atoms with van der Waals surface area (Å²) in [6.07, 6.45) is 0. The maximum atomic E-state index is 12.0. The Morgan fingerprint density at radius 1 is 1.20 bits per heavy atom. The largest absolute Gasteiger partial charge is 0.496 e. The van der Waals surface area contributed by atoms with Gasteiger partial charge in [0, 0.05) is 5.02 Å². The Morgan fingerprint density at radius 3 is 2.60 bits per heavy atom. The first-order chi connectivity index (χ1) is 9.61. The monoisotopic (exact) mass is 310 g/mol. The van der Waals surface area contributed by atoms with Crippen LogP contribution in [-0.4, -0.2) is 18.9 Å². The number of halogens is 1. The van der Waals surface area contributed by atoms with Crippen LogP contribution < -0.4 is 15.6 Å². The van der Waals surface area contributed by atoms with Crippen molar-refractivity contribution in [3.05, 3.63) is 51.2 Å². The molecule has 0 aliphatic heterocycles. The fourth-order valence-electron chi connectivity index (χ4n) is 1.50. The van der Waals surface area contributed by atoms with E-state index in [0.29, 0.717) is 15.6 Å². The molecule has 104 valence electrons. The Labute approximate surface area is 124 Å². The van der Waals surface area contributed by atoms with Crippen molar-refractivity contribution >= 4 is 34.8 Å². The quantitative estimate of drug-likeness (QED) is 0.856. The molecule has 5 nitrogen and oxygen atoms in total.